The van der Waals surface area contributed by atoms with Crippen LogP contribution in [-0.4, -0.2) is 19.1 Å². The average Bonchev–Trinajstić information content (AvgIpc) is 2.67. The number of hydrogen-bond acceptors (Lipinski definition) is 4. The van der Waals surface area contributed by atoms with Gasteiger partial charge in [-0.05, 0) is 36.4 Å². The molecule has 0 saturated carbocycles. The Morgan fingerprint density at radius 1 is 0.750 bits per heavy atom. The smallest absolute Gasteiger partial charge is 0.153 e. The van der Waals surface area contributed by atoms with E-state index in [4.69, 9.17) is 4.98 Å². The van der Waals surface area contributed by atoms with Crippen molar-refractivity contribution in [1.82, 2.24) is 4.98 Å². The van der Waals surface area contributed by atoms with E-state index in [-0.39, 0.29) is 0 Å². The molecule has 0 N–H and O–H groups in total. The Morgan fingerprint density at radius 3 is 1.83 bits per heavy atom. The molecule has 0 fully saturated rings. The largest absolute Gasteiger partial charge is 0.329 e. The van der Waals surface area contributed by atoms with Gasteiger partial charge in [-0.25, -0.2) is 4.98 Å². The molecular weight excluding hydrogens is 296 g/mol. The van der Waals surface area contributed by atoms with E-state index in [0.29, 0.717) is 11.4 Å². The quantitative estimate of drug-likeness (QED) is 0.711. The molecule has 0 spiro atoms. The van der Waals surface area contributed by atoms with E-state index in [0.717, 1.165) is 17.2 Å². The van der Waals surface area contributed by atoms with E-state index in [1.807, 2.05) is 96.7 Å². The molecule has 0 amide bonds. The summed E-state index contributed by atoms with van der Waals surface area (Å²) in [5, 5.41) is 9.43. The molecule has 24 heavy (non-hydrogen) atoms. The first-order chi connectivity index (χ1) is 11.7. The van der Waals surface area contributed by atoms with Gasteiger partial charge in [0, 0.05) is 25.5 Å². The molecule has 1 heterocycles. The molecule has 4 heteroatoms. The van der Waals surface area contributed by atoms with E-state index in [1.165, 1.54) is 0 Å². The highest BCUT2D eigenvalue weighted by molar-refractivity contribution is 5.69. The van der Waals surface area contributed by atoms with Crippen molar-refractivity contribution in [3.63, 3.8) is 0 Å². The van der Waals surface area contributed by atoms with Crippen LogP contribution in [0.1, 0.15) is 5.56 Å². The van der Waals surface area contributed by atoms with Crippen molar-refractivity contribution in [3.05, 3.63) is 78.4 Å². The zero-order valence-corrected chi connectivity index (χ0v) is 13.7. The van der Waals surface area contributed by atoms with Crippen molar-refractivity contribution in [1.29, 1.82) is 5.26 Å². The molecule has 0 aliphatic carbocycles. The normalized spacial score (nSPS) is 10.0. The number of hydrogen-bond donors (Lipinski definition) is 0. The Balaban J connectivity index is 2.02. The zero-order chi connectivity index (χ0) is 16.9. The molecule has 4 nitrogen and oxygen atoms in total. The van der Waals surface area contributed by atoms with Crippen LogP contribution in [0.25, 0.3) is 0 Å². The fourth-order valence-corrected chi connectivity index (χ4v) is 2.53. The van der Waals surface area contributed by atoms with Gasteiger partial charge < -0.3 is 9.80 Å². The van der Waals surface area contributed by atoms with Gasteiger partial charge in [-0.2, -0.15) is 5.26 Å². The van der Waals surface area contributed by atoms with Gasteiger partial charge in [-0.1, -0.05) is 36.4 Å². The van der Waals surface area contributed by atoms with Crippen molar-refractivity contribution in [3.8, 4) is 6.07 Å². The molecule has 0 bridgehead atoms. The van der Waals surface area contributed by atoms with Crippen LogP contribution in [-0.2, 0) is 0 Å². The zero-order valence-electron chi connectivity index (χ0n) is 13.7. The molecule has 0 aliphatic heterocycles. The summed E-state index contributed by atoms with van der Waals surface area (Å²) in [7, 11) is 3.89. The third kappa shape index (κ3) is 3.06. The molecule has 1 aromatic heterocycles. The van der Waals surface area contributed by atoms with Crippen LogP contribution in [0.4, 0.5) is 23.0 Å². The maximum atomic E-state index is 9.43. The van der Waals surface area contributed by atoms with Crippen LogP contribution in [0.5, 0.6) is 0 Å². The first-order valence-corrected chi connectivity index (χ1v) is 7.69. The molecule has 3 aromatic rings. The van der Waals surface area contributed by atoms with Gasteiger partial charge in [0.2, 0.25) is 0 Å². The second kappa shape index (κ2) is 6.84. The Bertz CT molecular complexity index is 854. The van der Waals surface area contributed by atoms with Crippen molar-refractivity contribution in [2.24, 2.45) is 0 Å². The van der Waals surface area contributed by atoms with Gasteiger partial charge >= 0.3 is 0 Å². The van der Waals surface area contributed by atoms with Crippen molar-refractivity contribution < 1.29 is 0 Å². The Hall–Kier alpha value is -3.32. The molecule has 0 unspecified atom stereocenters. The highest BCUT2D eigenvalue weighted by Gasteiger charge is 2.14. The molecular formula is C20H18N4. The van der Waals surface area contributed by atoms with Gasteiger partial charge in [-0.3, -0.25) is 0 Å². The molecule has 0 aliphatic rings. The van der Waals surface area contributed by atoms with Crippen molar-refractivity contribution >= 4 is 23.0 Å². The third-order valence-corrected chi connectivity index (χ3v) is 3.93. The monoisotopic (exact) mass is 314 g/mol. The summed E-state index contributed by atoms with van der Waals surface area (Å²) in [5.41, 5.74) is 2.58. The predicted molar refractivity (Wildman–Crippen MR) is 98.0 cm³/mol. The number of aromatic nitrogens is 1. The lowest BCUT2D eigenvalue weighted by Gasteiger charge is -2.23. The maximum Gasteiger partial charge on any atom is 0.153 e. The minimum atomic E-state index is 0.548. The minimum Gasteiger partial charge on any atom is -0.329 e. The molecule has 3 rings (SSSR count). The summed E-state index contributed by atoms with van der Waals surface area (Å²) in [6.45, 7) is 0. The fraction of sp³-hybridized carbons (Fsp3) is 0.100. The number of nitriles is 1. The SMILES string of the molecule is CN(c1ccccc1)c1ccc(C#N)c(N(C)c2ccccc2)n1. The van der Waals surface area contributed by atoms with Crippen LogP contribution >= 0.6 is 0 Å². The number of para-hydroxylation sites is 2. The van der Waals surface area contributed by atoms with Crippen LogP contribution in [0.15, 0.2) is 72.8 Å². The van der Waals surface area contributed by atoms with Gasteiger partial charge in [0.1, 0.15) is 11.9 Å². The third-order valence-electron chi connectivity index (χ3n) is 3.93. The molecule has 118 valence electrons. The van der Waals surface area contributed by atoms with E-state index in [1.54, 1.807) is 0 Å². The fourth-order valence-electron chi connectivity index (χ4n) is 2.53. The first kappa shape index (κ1) is 15.6. The molecule has 2 aromatic carbocycles. The lowest BCUT2D eigenvalue weighted by molar-refractivity contribution is 1.07. The van der Waals surface area contributed by atoms with Crippen LogP contribution in [0.3, 0.4) is 0 Å². The topological polar surface area (TPSA) is 43.2 Å². The van der Waals surface area contributed by atoms with Crippen LogP contribution < -0.4 is 9.80 Å². The summed E-state index contributed by atoms with van der Waals surface area (Å²) in [6, 6.07) is 25.8. The molecule has 0 atom stereocenters. The summed E-state index contributed by atoms with van der Waals surface area (Å²) in [4.78, 5) is 8.66. The number of pyridine rings is 1. The molecule has 0 radical (unpaired) electrons. The lowest BCUT2D eigenvalue weighted by atomic mass is 10.2. The van der Waals surface area contributed by atoms with E-state index in [2.05, 4.69) is 6.07 Å². The molecule has 0 saturated heterocycles. The predicted octanol–water partition coefficient (Wildman–Crippen LogP) is 4.49. The number of anilines is 4. The van der Waals surface area contributed by atoms with Crippen LogP contribution in [0, 0.1) is 11.3 Å². The second-order valence-electron chi connectivity index (χ2n) is 5.44. The summed E-state index contributed by atoms with van der Waals surface area (Å²) < 4.78 is 0. The minimum absolute atomic E-state index is 0.548. The maximum absolute atomic E-state index is 9.43. The summed E-state index contributed by atoms with van der Waals surface area (Å²) >= 11 is 0. The highest BCUT2D eigenvalue weighted by atomic mass is 15.2. The number of nitrogens with zero attached hydrogens (tertiary/aromatic N) is 4. The van der Waals surface area contributed by atoms with E-state index < -0.39 is 0 Å². The second-order valence-corrected chi connectivity index (χ2v) is 5.44. The van der Waals surface area contributed by atoms with Crippen molar-refractivity contribution in [2.45, 2.75) is 0 Å². The van der Waals surface area contributed by atoms with Gasteiger partial charge in [0.05, 0.1) is 5.56 Å². The first-order valence-electron chi connectivity index (χ1n) is 7.69. The lowest BCUT2D eigenvalue weighted by Crippen LogP contribution is -2.16. The van der Waals surface area contributed by atoms with E-state index in [9.17, 15) is 5.26 Å². The number of rotatable bonds is 4. The van der Waals surface area contributed by atoms with Gasteiger partial charge in [0.15, 0.2) is 5.82 Å². The van der Waals surface area contributed by atoms with Crippen molar-refractivity contribution in [2.75, 3.05) is 23.9 Å². The average molecular weight is 314 g/mol. The summed E-state index contributed by atoms with van der Waals surface area (Å²) in [5.74, 6) is 1.43. The van der Waals surface area contributed by atoms with E-state index >= 15 is 0 Å². The Morgan fingerprint density at radius 2 is 1.29 bits per heavy atom. The number of benzene rings is 2. The summed E-state index contributed by atoms with van der Waals surface area (Å²) in [6.07, 6.45) is 0. The Kier molecular flexibility index (Phi) is 4.44. The highest BCUT2D eigenvalue weighted by Crippen LogP contribution is 2.29. The Labute approximate surface area is 142 Å². The van der Waals surface area contributed by atoms with Crippen LogP contribution in [0.2, 0.25) is 0 Å². The van der Waals surface area contributed by atoms with Gasteiger partial charge in [-0.15, -0.1) is 0 Å². The standard InChI is InChI=1S/C20H18N4/c1-23(17-9-5-3-6-10-17)19-14-13-16(15-21)20(22-19)24(2)18-11-7-4-8-12-18/h3-14H,1-2H3. The van der Waals surface area contributed by atoms with Gasteiger partial charge in [0.25, 0.3) is 0 Å².